The van der Waals surface area contributed by atoms with Crippen LogP contribution in [-0.4, -0.2) is 267 Å². The zero-order valence-electron chi connectivity index (χ0n) is 50.5. The number of carbonyl (C=O) groups is 10. The van der Waals surface area contributed by atoms with Crippen LogP contribution in [0.2, 0.25) is 0 Å². The molecule has 4 rings (SSSR count). The van der Waals surface area contributed by atoms with Crippen molar-refractivity contribution in [2.24, 2.45) is 16.5 Å². The SMILES string of the molecule is CN1C(=O)[C@@H](Cc2ccc(O)cc2)NC(=O)CNC(=O)[C@H](Cc2ccc3ccccc3c2)NC(=O)[C@H](CCCN=C(N)N)NC(=O)[C@H]1CCCNC(=O)CNC(=O)COCCOCCNC(=O)CNCCN(CCN(CCNCC(=O)O)CC(=O)O)CC(O)O. The molecule has 1 fully saturated rings. The van der Waals surface area contributed by atoms with E-state index in [1.54, 1.807) is 21.9 Å². The minimum Gasteiger partial charge on any atom is -0.508 e. The van der Waals surface area contributed by atoms with Gasteiger partial charge in [0, 0.05) is 85.3 Å². The maximum absolute atomic E-state index is 14.5. The fourth-order valence-electron chi connectivity index (χ4n) is 9.29. The zero-order valence-corrected chi connectivity index (χ0v) is 50.5. The van der Waals surface area contributed by atoms with Crippen molar-refractivity contribution < 1.29 is 83.0 Å². The molecule has 0 aromatic heterocycles. The Morgan fingerprint density at radius 1 is 0.656 bits per heavy atom. The molecule has 18 N–H and O–H groups in total. The summed E-state index contributed by atoms with van der Waals surface area (Å²) >= 11 is 0. The van der Waals surface area contributed by atoms with Crippen LogP contribution < -0.4 is 59.3 Å². The summed E-state index contributed by atoms with van der Waals surface area (Å²) in [4.78, 5) is 139. The maximum atomic E-state index is 14.5. The van der Waals surface area contributed by atoms with E-state index in [9.17, 15) is 68.4 Å². The Morgan fingerprint density at radius 2 is 1.30 bits per heavy atom. The third kappa shape index (κ3) is 30.0. The molecule has 0 bridgehead atoms. The predicted octanol–water partition coefficient (Wildman–Crippen LogP) is -5.78. The van der Waals surface area contributed by atoms with Gasteiger partial charge < -0.3 is 99.2 Å². The number of hydrogen-bond acceptors (Lipinski definition) is 20. The molecule has 4 atom stereocenters. The van der Waals surface area contributed by atoms with Crippen molar-refractivity contribution in [3.05, 3.63) is 77.9 Å². The molecule has 0 radical (unpaired) electrons. The Morgan fingerprint density at radius 3 is 2.01 bits per heavy atom. The zero-order chi connectivity index (χ0) is 65.8. The number of likely N-dealkylation sites (N-methyl/N-ethyl adjacent to an activating group) is 1. The molecule has 0 saturated carbocycles. The first-order valence-corrected chi connectivity index (χ1v) is 29.4. The molecule has 1 saturated heterocycles. The average Bonchev–Trinajstić information content (AvgIpc) is 1.23. The molecule has 3 aromatic rings. The Kier molecular flexibility index (Phi) is 33.5. The fourth-order valence-corrected chi connectivity index (χ4v) is 9.29. The lowest BCUT2D eigenvalue weighted by Crippen LogP contribution is -2.58. The summed E-state index contributed by atoms with van der Waals surface area (Å²) in [5, 5.41) is 73.2. The van der Waals surface area contributed by atoms with Gasteiger partial charge in [-0.3, -0.25) is 62.7 Å². The van der Waals surface area contributed by atoms with Crippen molar-refractivity contribution >= 4 is 75.9 Å². The van der Waals surface area contributed by atoms with Crippen LogP contribution in [0.15, 0.2) is 71.7 Å². The van der Waals surface area contributed by atoms with Crippen molar-refractivity contribution in [1.82, 2.24) is 62.6 Å². The van der Waals surface area contributed by atoms with Crippen molar-refractivity contribution in [2.75, 3.05) is 132 Å². The number of aromatic hydroxyl groups is 1. The number of amides is 8. The Labute approximate surface area is 520 Å². The molecule has 8 amide bonds. The molecule has 496 valence electrons. The topological polar surface area (TPSA) is 473 Å². The van der Waals surface area contributed by atoms with Crippen LogP contribution in [0.25, 0.3) is 10.8 Å². The number of aliphatic hydroxyl groups is 2. The molecular weight excluding hydrogens is 1180 g/mol. The Bertz CT molecular complexity index is 2850. The monoisotopic (exact) mass is 1270 g/mol. The second-order valence-electron chi connectivity index (χ2n) is 21.1. The van der Waals surface area contributed by atoms with Crippen LogP contribution in [0, 0.1) is 0 Å². The molecule has 3 aromatic carbocycles. The van der Waals surface area contributed by atoms with Crippen LogP contribution in [0.4, 0.5) is 0 Å². The van der Waals surface area contributed by atoms with E-state index in [2.05, 4.69) is 52.8 Å². The lowest BCUT2D eigenvalue weighted by molar-refractivity contribution is -0.142. The number of nitrogens with zero attached hydrogens (tertiary/aromatic N) is 4. The van der Waals surface area contributed by atoms with E-state index >= 15 is 0 Å². The molecule has 32 nitrogen and oxygen atoms in total. The van der Waals surface area contributed by atoms with Crippen LogP contribution in [0.1, 0.15) is 36.8 Å². The van der Waals surface area contributed by atoms with Crippen molar-refractivity contribution in [3.63, 3.8) is 0 Å². The van der Waals surface area contributed by atoms with Gasteiger partial charge in [0.2, 0.25) is 47.3 Å². The minimum absolute atomic E-state index is 0.00357. The maximum Gasteiger partial charge on any atom is 0.317 e. The van der Waals surface area contributed by atoms with E-state index < -0.39 is 103 Å². The van der Waals surface area contributed by atoms with Gasteiger partial charge in [-0.1, -0.05) is 54.6 Å². The predicted molar refractivity (Wildman–Crippen MR) is 327 cm³/mol. The summed E-state index contributed by atoms with van der Waals surface area (Å²) in [7, 11) is 1.36. The molecule has 1 aliphatic rings. The number of ether oxygens (including phenoxy) is 2. The lowest BCUT2D eigenvalue weighted by atomic mass is 10.00. The number of rotatable bonds is 39. The molecule has 1 aliphatic heterocycles. The Balaban J connectivity index is 1.26. The molecule has 0 aliphatic carbocycles. The van der Waals surface area contributed by atoms with Crippen LogP contribution in [-0.2, 0) is 70.3 Å². The summed E-state index contributed by atoms with van der Waals surface area (Å²) in [5.74, 6) is -7.57. The van der Waals surface area contributed by atoms with Gasteiger partial charge in [0.1, 0.15) is 36.5 Å². The van der Waals surface area contributed by atoms with Crippen LogP contribution in [0.5, 0.6) is 5.75 Å². The van der Waals surface area contributed by atoms with E-state index in [-0.39, 0.29) is 154 Å². The molecule has 0 spiro atoms. The number of phenolic OH excluding ortho intramolecular Hbond substituents is 1. The number of benzene rings is 3. The van der Waals surface area contributed by atoms with Gasteiger partial charge in [-0.15, -0.1) is 0 Å². The second-order valence-corrected chi connectivity index (χ2v) is 21.1. The number of fused-ring (bicyclic) bond motifs is 1. The highest BCUT2D eigenvalue weighted by atomic mass is 16.5. The number of nitrogens with one attached hydrogen (secondary N) is 9. The van der Waals surface area contributed by atoms with Crippen LogP contribution >= 0.6 is 0 Å². The highest BCUT2D eigenvalue weighted by Gasteiger charge is 2.36. The number of carbonyl (C=O) groups excluding carboxylic acids is 8. The first kappa shape index (κ1) is 73.8. The average molecular weight is 1270 g/mol. The smallest absolute Gasteiger partial charge is 0.317 e. The number of guanidine groups is 1. The largest absolute Gasteiger partial charge is 0.508 e. The first-order valence-electron chi connectivity index (χ1n) is 29.4. The summed E-state index contributed by atoms with van der Waals surface area (Å²) in [6, 6.07) is 14.0. The standard InChI is InChI=1S/C58H87N15O17/c1-71-46(9-5-16-63-48(76)32-66-50(78)37-90-27-26-89-25-20-64-47(75)31-61-18-21-72(35-52(81)82)23-24-73(36-53(83)84)22-19-62-34-51(79)80)56(87)69-43(8-4-17-65-58(59)60)55(86)70-44(30-39-10-13-40-6-2-3-7-41(40)28-39)54(85)67-33-49(77)68-45(57(71)88)29-38-11-14-42(74)15-12-38/h2-3,6-7,10-15,28,43-46,52,61-62,74,81-82H,4-5,8-9,16-27,29-37H2,1H3,(H,63,76)(H,64,75)(H,66,78)(H,67,85)(H,68,77)(H,69,87)(H,70,86)(H,79,80)(H,83,84)(H4,59,60,65)/t43-,44-,45+,46+/m0/s1. The van der Waals surface area contributed by atoms with Gasteiger partial charge in [-0.25, -0.2) is 0 Å². The quantitative estimate of drug-likeness (QED) is 0.0109. The second kappa shape index (κ2) is 40.8. The number of aliphatic imine (C=N–C) groups is 1. The number of nitrogens with two attached hydrogens (primary N) is 2. The number of aliphatic hydroxyl groups excluding tert-OH is 1. The lowest BCUT2D eigenvalue weighted by Gasteiger charge is -2.32. The number of aliphatic carboxylic acids is 2. The van der Waals surface area contributed by atoms with Crippen molar-refractivity contribution in [3.8, 4) is 5.75 Å². The van der Waals surface area contributed by atoms with Gasteiger partial charge in [0.05, 0.1) is 52.5 Å². The summed E-state index contributed by atoms with van der Waals surface area (Å²) < 4.78 is 10.8. The fraction of sp³-hybridized carbons (Fsp3) is 0.534. The van der Waals surface area contributed by atoms with Crippen molar-refractivity contribution in [2.45, 2.75) is 69.0 Å². The van der Waals surface area contributed by atoms with Gasteiger partial charge in [-0.2, -0.15) is 0 Å². The third-order valence-corrected chi connectivity index (χ3v) is 13.9. The molecule has 32 heteroatoms. The van der Waals surface area contributed by atoms with E-state index in [0.717, 1.165) is 15.7 Å². The van der Waals surface area contributed by atoms with Gasteiger partial charge >= 0.3 is 11.9 Å². The van der Waals surface area contributed by atoms with E-state index in [4.69, 9.17) is 26.0 Å². The minimum atomic E-state index is -1.66. The van der Waals surface area contributed by atoms with Gasteiger partial charge in [0.25, 0.3) is 0 Å². The highest BCUT2D eigenvalue weighted by molar-refractivity contribution is 5.97. The summed E-state index contributed by atoms with van der Waals surface area (Å²) in [6.07, 6.45) is -1.54. The molecular formula is C58H87N15O17. The van der Waals surface area contributed by atoms with E-state index in [0.29, 0.717) is 17.7 Å². The highest BCUT2D eigenvalue weighted by Crippen LogP contribution is 2.19. The third-order valence-electron chi connectivity index (χ3n) is 13.9. The normalized spacial score (nSPS) is 16.8. The number of phenols is 1. The molecule has 90 heavy (non-hydrogen) atoms. The van der Waals surface area contributed by atoms with Crippen LogP contribution in [0.3, 0.4) is 0 Å². The molecule has 0 unspecified atom stereocenters. The number of hydrogen-bond donors (Lipinski definition) is 16. The number of carboxylic acids is 2. The van der Waals surface area contributed by atoms with E-state index in [1.807, 2.05) is 42.5 Å². The van der Waals surface area contributed by atoms with Gasteiger partial charge in [-0.05, 0) is 59.7 Å². The molecule has 1 heterocycles. The Hall–Kier alpha value is -8.63. The first-order chi connectivity index (χ1) is 43.1. The summed E-state index contributed by atoms with van der Waals surface area (Å²) in [6.45, 7) is -0.216. The van der Waals surface area contributed by atoms with Crippen molar-refractivity contribution in [1.29, 1.82) is 0 Å². The van der Waals surface area contributed by atoms with Gasteiger partial charge in [0.15, 0.2) is 12.2 Å². The van der Waals surface area contributed by atoms with E-state index in [1.165, 1.54) is 19.2 Å². The number of carboxylic acid groups (broad SMARTS) is 2. The summed E-state index contributed by atoms with van der Waals surface area (Å²) in [5.41, 5.74) is 12.3.